The Bertz CT molecular complexity index is 404. The van der Waals surface area contributed by atoms with Gasteiger partial charge < -0.3 is 14.8 Å². The summed E-state index contributed by atoms with van der Waals surface area (Å²) in [7, 11) is -3.04. The molecule has 1 heterocycles. The van der Waals surface area contributed by atoms with E-state index in [1.54, 1.807) is 20.8 Å². The van der Waals surface area contributed by atoms with Gasteiger partial charge in [0.2, 0.25) is 0 Å². The summed E-state index contributed by atoms with van der Waals surface area (Å²) >= 11 is 0. The topological polar surface area (TPSA) is 81.7 Å². The van der Waals surface area contributed by atoms with Gasteiger partial charge in [-0.3, -0.25) is 0 Å². The first-order chi connectivity index (χ1) is 8.58. The Morgan fingerprint density at radius 2 is 2.00 bits per heavy atom. The highest BCUT2D eigenvalue weighted by molar-refractivity contribution is 7.91. The van der Waals surface area contributed by atoms with Gasteiger partial charge in [-0.1, -0.05) is 0 Å². The molecule has 0 aromatic heterocycles. The van der Waals surface area contributed by atoms with Gasteiger partial charge in [0.15, 0.2) is 9.84 Å². The molecule has 7 heteroatoms. The minimum atomic E-state index is -3.04. The Balaban J connectivity index is 2.29. The zero-order chi connectivity index (χ0) is 14.7. The minimum Gasteiger partial charge on any atom is -0.444 e. The molecule has 0 spiro atoms. The van der Waals surface area contributed by atoms with Crippen molar-refractivity contribution in [1.29, 1.82) is 0 Å². The Labute approximate surface area is 114 Å². The molecule has 0 aromatic carbocycles. The average Bonchev–Trinajstić information content (AvgIpc) is 2.23. The number of ether oxygens (including phenoxy) is 2. The largest absolute Gasteiger partial charge is 0.444 e. The Kier molecular flexibility index (Phi) is 5.20. The standard InChI is InChI=1S/C12H23NO5S/c1-12(2,3)18-11(14)13-7-9-5-6-10(8-17-9)19(4,15)16/h9-10H,5-8H2,1-4H3,(H,13,14)/t9-,10+/m0/s1. The quantitative estimate of drug-likeness (QED) is 0.842. The lowest BCUT2D eigenvalue weighted by atomic mass is 10.1. The molecule has 0 aromatic rings. The Morgan fingerprint density at radius 3 is 2.42 bits per heavy atom. The van der Waals surface area contributed by atoms with E-state index in [2.05, 4.69) is 5.32 Å². The summed E-state index contributed by atoms with van der Waals surface area (Å²) in [5, 5.41) is 2.20. The lowest BCUT2D eigenvalue weighted by Gasteiger charge is -2.28. The first-order valence-corrected chi connectivity index (χ1v) is 8.31. The number of nitrogens with one attached hydrogen (secondary N) is 1. The summed E-state index contributed by atoms with van der Waals surface area (Å²) in [5.74, 6) is 0. The van der Waals surface area contributed by atoms with Crippen molar-refractivity contribution in [1.82, 2.24) is 5.32 Å². The van der Waals surface area contributed by atoms with Crippen molar-refractivity contribution in [2.24, 2.45) is 0 Å². The highest BCUT2D eigenvalue weighted by Gasteiger charge is 2.28. The maximum atomic E-state index is 11.4. The minimum absolute atomic E-state index is 0.148. The van der Waals surface area contributed by atoms with Gasteiger partial charge in [0.25, 0.3) is 0 Å². The van der Waals surface area contributed by atoms with Crippen molar-refractivity contribution in [3.63, 3.8) is 0 Å². The maximum absolute atomic E-state index is 11.4. The summed E-state index contributed by atoms with van der Waals surface area (Å²) < 4.78 is 33.2. The van der Waals surface area contributed by atoms with Crippen molar-refractivity contribution >= 4 is 15.9 Å². The van der Waals surface area contributed by atoms with Crippen LogP contribution < -0.4 is 5.32 Å². The zero-order valence-corrected chi connectivity index (χ0v) is 12.7. The van der Waals surface area contributed by atoms with Crippen LogP contribution in [0.3, 0.4) is 0 Å². The molecule has 112 valence electrons. The van der Waals surface area contributed by atoms with E-state index in [4.69, 9.17) is 9.47 Å². The summed E-state index contributed by atoms with van der Waals surface area (Å²) in [4.78, 5) is 11.4. The maximum Gasteiger partial charge on any atom is 0.407 e. The molecule has 1 fully saturated rings. The van der Waals surface area contributed by atoms with Crippen LogP contribution in [0.15, 0.2) is 0 Å². The monoisotopic (exact) mass is 293 g/mol. The molecule has 0 unspecified atom stereocenters. The summed E-state index contributed by atoms with van der Waals surface area (Å²) in [6.07, 6.45) is 1.78. The summed E-state index contributed by atoms with van der Waals surface area (Å²) in [6, 6.07) is 0. The highest BCUT2D eigenvalue weighted by atomic mass is 32.2. The van der Waals surface area contributed by atoms with E-state index < -0.39 is 26.8 Å². The third kappa shape index (κ3) is 6.24. The third-order valence-electron chi connectivity index (χ3n) is 2.81. The second kappa shape index (κ2) is 6.09. The molecule has 1 aliphatic heterocycles. The number of carbonyl (C=O) groups excluding carboxylic acids is 1. The molecule has 6 nitrogen and oxygen atoms in total. The summed E-state index contributed by atoms with van der Waals surface area (Å²) in [5.41, 5.74) is -0.529. The van der Waals surface area contributed by atoms with Crippen LogP contribution >= 0.6 is 0 Å². The van der Waals surface area contributed by atoms with Gasteiger partial charge in [-0.2, -0.15) is 0 Å². The van der Waals surface area contributed by atoms with Crippen LogP contribution in [0.1, 0.15) is 33.6 Å². The van der Waals surface area contributed by atoms with Crippen molar-refractivity contribution < 1.29 is 22.7 Å². The van der Waals surface area contributed by atoms with Crippen molar-refractivity contribution in [3.05, 3.63) is 0 Å². The van der Waals surface area contributed by atoms with Crippen molar-refractivity contribution in [2.45, 2.75) is 50.6 Å². The first kappa shape index (κ1) is 16.2. The molecule has 1 amide bonds. The molecule has 0 saturated carbocycles. The van der Waals surface area contributed by atoms with E-state index in [1.807, 2.05) is 0 Å². The smallest absolute Gasteiger partial charge is 0.407 e. The lowest BCUT2D eigenvalue weighted by Crippen LogP contribution is -2.42. The molecule has 1 aliphatic rings. The predicted molar refractivity (Wildman–Crippen MR) is 71.8 cm³/mol. The average molecular weight is 293 g/mol. The SMILES string of the molecule is CC(C)(C)OC(=O)NC[C@@H]1CC[C@@H](S(C)(=O)=O)CO1. The molecular weight excluding hydrogens is 270 g/mol. The Hall–Kier alpha value is -0.820. The van der Waals surface area contributed by atoms with Gasteiger partial charge in [0, 0.05) is 12.8 Å². The van der Waals surface area contributed by atoms with E-state index in [0.717, 1.165) is 0 Å². The van der Waals surface area contributed by atoms with Crippen LogP contribution in [0, 0.1) is 0 Å². The zero-order valence-electron chi connectivity index (χ0n) is 11.9. The summed E-state index contributed by atoms with van der Waals surface area (Å²) in [6.45, 7) is 5.91. The van der Waals surface area contributed by atoms with Crippen LogP contribution in [0.4, 0.5) is 4.79 Å². The number of sulfone groups is 1. The van der Waals surface area contributed by atoms with Gasteiger partial charge in [0.1, 0.15) is 5.60 Å². The third-order valence-corrected chi connectivity index (χ3v) is 4.39. The van der Waals surface area contributed by atoms with Gasteiger partial charge in [-0.15, -0.1) is 0 Å². The van der Waals surface area contributed by atoms with E-state index >= 15 is 0 Å². The van der Waals surface area contributed by atoms with Crippen LogP contribution in [0.5, 0.6) is 0 Å². The van der Waals surface area contributed by atoms with Crippen LogP contribution in [0.25, 0.3) is 0 Å². The molecule has 0 aliphatic carbocycles. The fourth-order valence-electron chi connectivity index (χ4n) is 1.79. The molecular formula is C12H23NO5S. The number of carbonyl (C=O) groups is 1. The molecule has 1 saturated heterocycles. The van der Waals surface area contributed by atoms with Gasteiger partial charge in [-0.05, 0) is 33.6 Å². The molecule has 19 heavy (non-hydrogen) atoms. The second-order valence-corrected chi connectivity index (χ2v) is 8.19. The van der Waals surface area contributed by atoms with Gasteiger partial charge >= 0.3 is 6.09 Å². The first-order valence-electron chi connectivity index (χ1n) is 6.35. The molecule has 2 atom stereocenters. The second-order valence-electron chi connectivity index (χ2n) is 5.87. The number of rotatable bonds is 3. The number of amides is 1. The van der Waals surface area contributed by atoms with E-state index in [0.29, 0.717) is 19.4 Å². The van der Waals surface area contributed by atoms with Crippen LogP contribution in [0.2, 0.25) is 0 Å². The molecule has 0 radical (unpaired) electrons. The number of hydrogen-bond acceptors (Lipinski definition) is 5. The normalized spacial score (nSPS) is 24.8. The van der Waals surface area contributed by atoms with E-state index in [1.165, 1.54) is 6.26 Å². The van der Waals surface area contributed by atoms with Gasteiger partial charge in [0.05, 0.1) is 18.0 Å². The van der Waals surface area contributed by atoms with Crippen LogP contribution in [-0.4, -0.2) is 50.9 Å². The lowest BCUT2D eigenvalue weighted by molar-refractivity contribution is 0.0126. The highest BCUT2D eigenvalue weighted by Crippen LogP contribution is 2.18. The molecule has 1 rings (SSSR count). The fourth-order valence-corrected chi connectivity index (χ4v) is 2.68. The molecule has 1 N–H and O–H groups in total. The van der Waals surface area contributed by atoms with Crippen molar-refractivity contribution in [3.8, 4) is 0 Å². The van der Waals surface area contributed by atoms with Crippen LogP contribution in [-0.2, 0) is 19.3 Å². The Morgan fingerprint density at radius 1 is 1.37 bits per heavy atom. The fraction of sp³-hybridized carbons (Fsp3) is 0.917. The van der Waals surface area contributed by atoms with Gasteiger partial charge in [-0.25, -0.2) is 13.2 Å². The van der Waals surface area contributed by atoms with E-state index in [-0.39, 0.29) is 12.7 Å². The predicted octanol–water partition coefficient (Wildman–Crippen LogP) is 1.10. The van der Waals surface area contributed by atoms with Crippen molar-refractivity contribution in [2.75, 3.05) is 19.4 Å². The van der Waals surface area contributed by atoms with E-state index in [9.17, 15) is 13.2 Å². The number of hydrogen-bond donors (Lipinski definition) is 1. The number of alkyl carbamates (subject to hydrolysis) is 1. The molecule has 0 bridgehead atoms.